The van der Waals surface area contributed by atoms with Crippen molar-refractivity contribution in [3.63, 3.8) is 0 Å². The number of aliphatic hydroxyl groups is 4. The number of aromatic hydroxyl groups is 1. The summed E-state index contributed by atoms with van der Waals surface area (Å²) in [5.74, 6) is 4.85. The van der Waals surface area contributed by atoms with E-state index in [-0.39, 0.29) is 60.1 Å². The summed E-state index contributed by atoms with van der Waals surface area (Å²) in [5, 5.41) is 59.3. The minimum absolute atomic E-state index is 0.0114. The number of nitrogens with one attached hydrogen (secondary N) is 1. The first kappa shape index (κ1) is 45.8. The zero-order chi connectivity index (χ0) is 45.7. The van der Waals surface area contributed by atoms with E-state index in [1.807, 2.05) is 48.6 Å². The van der Waals surface area contributed by atoms with Crippen LogP contribution in [0.2, 0.25) is 0 Å². The van der Waals surface area contributed by atoms with Crippen molar-refractivity contribution in [1.29, 1.82) is 0 Å². The van der Waals surface area contributed by atoms with E-state index in [1.165, 1.54) is 5.56 Å². The van der Waals surface area contributed by atoms with Crippen molar-refractivity contribution in [2.75, 3.05) is 19.0 Å². The van der Waals surface area contributed by atoms with Crippen molar-refractivity contribution in [2.24, 2.45) is 11.8 Å². The largest absolute Gasteiger partial charge is 0.508 e. The van der Waals surface area contributed by atoms with Gasteiger partial charge in [-0.3, -0.25) is 4.79 Å². The summed E-state index contributed by atoms with van der Waals surface area (Å²) in [4.78, 5) is 13.9. The van der Waals surface area contributed by atoms with Crippen molar-refractivity contribution in [3.8, 4) is 29.3 Å². The lowest BCUT2D eigenvalue weighted by Crippen LogP contribution is -2.25. The van der Waals surface area contributed by atoms with E-state index in [0.29, 0.717) is 54.9 Å². The zero-order valence-electron chi connectivity index (χ0n) is 37.8. The topological polar surface area (TPSA) is 158 Å². The summed E-state index contributed by atoms with van der Waals surface area (Å²) in [6.07, 6.45) is 18.3. The molecule has 0 aromatic heterocycles. The van der Waals surface area contributed by atoms with Crippen molar-refractivity contribution in [3.05, 3.63) is 124 Å². The fourth-order valence-corrected chi connectivity index (χ4v) is 10.5. The Balaban J connectivity index is 1.12. The summed E-state index contributed by atoms with van der Waals surface area (Å²) in [5.41, 5.74) is 5.60. The van der Waals surface area contributed by atoms with Crippen LogP contribution < -0.4 is 14.8 Å². The molecule has 2 aliphatic heterocycles. The Morgan fingerprint density at radius 1 is 0.969 bits per heavy atom. The number of aliphatic hydroxyl groups excluding tert-OH is 3. The van der Waals surface area contributed by atoms with Gasteiger partial charge < -0.3 is 45.1 Å². The normalized spacial score (nSPS) is 21.8. The van der Waals surface area contributed by atoms with Crippen LogP contribution in [0.5, 0.6) is 17.2 Å². The number of Topliss-reactive ketones (excluding diaryl/α,β-unsaturated/α-hetero) is 1. The number of ketones is 1. The van der Waals surface area contributed by atoms with E-state index < -0.39 is 23.9 Å². The smallest absolute Gasteiger partial charge is 0.178 e. The second kappa shape index (κ2) is 20.2. The molecule has 10 nitrogen and oxygen atoms in total. The Bertz CT molecular complexity index is 2540. The zero-order valence-corrected chi connectivity index (χ0v) is 37.8. The molecule has 0 saturated heterocycles. The van der Waals surface area contributed by atoms with Crippen LogP contribution in [0, 0.1) is 23.9 Å². The first-order chi connectivity index (χ1) is 31.4. The van der Waals surface area contributed by atoms with Gasteiger partial charge in [-0.1, -0.05) is 62.6 Å². The molecule has 0 amide bonds. The van der Waals surface area contributed by atoms with Crippen LogP contribution in [0.3, 0.4) is 0 Å². The molecular formula is C55H63NO9. The summed E-state index contributed by atoms with van der Waals surface area (Å²) in [6, 6.07) is 17.6. The maximum Gasteiger partial charge on any atom is 0.178 e. The third-order valence-corrected chi connectivity index (χ3v) is 13.9. The lowest BCUT2D eigenvalue weighted by molar-refractivity contribution is -0.121. The van der Waals surface area contributed by atoms with E-state index in [4.69, 9.17) is 14.2 Å². The number of fused-ring (bicyclic) bond motifs is 8. The average molecular weight is 882 g/mol. The molecule has 3 aliphatic carbocycles. The number of phenolic OH excluding ortho intramolecular Hbond substituents is 1. The van der Waals surface area contributed by atoms with Crippen molar-refractivity contribution in [1.82, 2.24) is 0 Å². The number of phenols is 1. The number of carbonyl (C=O) groups is 1. The highest BCUT2D eigenvalue weighted by Crippen LogP contribution is 2.52. The highest BCUT2D eigenvalue weighted by molar-refractivity contribution is 6.01. The van der Waals surface area contributed by atoms with Gasteiger partial charge in [0.15, 0.2) is 17.8 Å². The molecule has 9 rings (SSSR count). The Kier molecular flexibility index (Phi) is 14.2. The molecule has 6 bridgehead atoms. The number of aryl methyl sites for hydroxylation is 2. The number of anilines is 1. The first-order valence-electron chi connectivity index (χ1n) is 23.4. The number of methoxy groups -OCH3 is 1. The van der Waals surface area contributed by atoms with Crippen LogP contribution in [0.25, 0.3) is 16.8 Å². The molecule has 2 heterocycles. The molecule has 5 atom stereocenters. The maximum atomic E-state index is 13.9. The molecule has 0 unspecified atom stereocenters. The lowest BCUT2D eigenvalue weighted by atomic mass is 9.73. The number of hydrogen-bond acceptors (Lipinski definition) is 10. The molecule has 10 heteroatoms. The van der Waals surface area contributed by atoms with Gasteiger partial charge in [0.1, 0.15) is 36.1 Å². The number of rotatable bonds is 12. The fraction of sp³-hybridized carbons (Fsp3) is 0.436. The van der Waals surface area contributed by atoms with Gasteiger partial charge in [0.25, 0.3) is 0 Å². The third-order valence-electron chi connectivity index (χ3n) is 13.9. The molecule has 1 spiro atoms. The average Bonchev–Trinajstić information content (AvgIpc) is 3.76. The molecule has 6 N–H and O–H groups in total. The number of ether oxygens (including phenoxy) is 3. The SMILES string of the molecule is COc1ccc2cc1OCc1c(C(O)O)cc3c(c(O)cc4c3c1C=C[C@@H]4C)C1(C#CO[C@@H](C[C@@H]3C=C(O)C=C[C@H]3CCCCc3cccc(NC[C@H](C)O)c3)CC(=O)CC2)CCCC1. The Morgan fingerprint density at radius 2 is 1.80 bits per heavy atom. The molecule has 4 aromatic carbocycles. The Morgan fingerprint density at radius 3 is 2.58 bits per heavy atom. The van der Waals surface area contributed by atoms with Crippen molar-refractivity contribution < 1.29 is 44.5 Å². The van der Waals surface area contributed by atoms with Gasteiger partial charge in [-0.05, 0) is 151 Å². The van der Waals surface area contributed by atoms with Gasteiger partial charge in [0, 0.05) is 47.7 Å². The minimum Gasteiger partial charge on any atom is -0.508 e. The van der Waals surface area contributed by atoms with Gasteiger partial charge in [-0.15, -0.1) is 0 Å². The van der Waals surface area contributed by atoms with E-state index in [9.17, 15) is 30.3 Å². The highest BCUT2D eigenvalue weighted by Gasteiger charge is 2.40. The van der Waals surface area contributed by atoms with Crippen molar-refractivity contribution in [2.45, 2.75) is 127 Å². The van der Waals surface area contributed by atoms with Gasteiger partial charge in [-0.2, -0.15) is 0 Å². The summed E-state index contributed by atoms with van der Waals surface area (Å²) in [6.45, 7) is 4.35. The molecular weight excluding hydrogens is 819 g/mol. The Hall–Kier alpha value is -5.73. The molecule has 1 fully saturated rings. The fourth-order valence-electron chi connectivity index (χ4n) is 10.5. The van der Waals surface area contributed by atoms with E-state index in [2.05, 4.69) is 48.6 Å². The van der Waals surface area contributed by atoms with Gasteiger partial charge in [0.2, 0.25) is 0 Å². The van der Waals surface area contributed by atoms with Gasteiger partial charge in [0.05, 0.1) is 18.6 Å². The maximum absolute atomic E-state index is 13.9. The molecule has 4 aromatic rings. The van der Waals surface area contributed by atoms with E-state index in [0.717, 1.165) is 71.7 Å². The molecule has 1 saturated carbocycles. The first-order valence-corrected chi connectivity index (χ1v) is 23.4. The predicted octanol–water partition coefficient (Wildman–Crippen LogP) is 10.1. The molecule has 0 radical (unpaired) electrons. The number of allylic oxidation sites excluding steroid dienone is 4. The van der Waals surface area contributed by atoms with Crippen LogP contribution in [0.4, 0.5) is 5.69 Å². The number of benzene rings is 4. The number of unbranched alkanes of at least 4 members (excludes halogenated alkanes) is 1. The third kappa shape index (κ3) is 10.4. The van der Waals surface area contributed by atoms with Crippen LogP contribution in [0.1, 0.15) is 129 Å². The van der Waals surface area contributed by atoms with E-state index in [1.54, 1.807) is 26.2 Å². The summed E-state index contributed by atoms with van der Waals surface area (Å²) in [7, 11) is 1.57. The van der Waals surface area contributed by atoms with Crippen LogP contribution in [-0.4, -0.2) is 57.2 Å². The standard InChI is InChI=1S/C55H63NO9/c1-34-13-19-44-48-33-65-51-26-37(15-20-50(51)63-3)14-17-42(59)29-43(28-39-27-41(58)18-16-38(39)11-5-4-9-36-10-8-12-40(25-36)56-32-35(2)57)64-24-23-55(21-6-7-22-55)53-47(30-46(48)54(61)62)52(44)45(34)31-49(53)60/h8,10,12-13,15-16,18-20,25-27,30-31,34-35,38-39,43,54,56-58,60-62H,4-7,9,11,14,17,21-22,28-29,32-33H2,1-3H3/t34-,35-,38+,39-,43-/m0/s1. The van der Waals surface area contributed by atoms with Gasteiger partial charge >= 0.3 is 0 Å². The van der Waals surface area contributed by atoms with Gasteiger partial charge in [-0.25, -0.2) is 0 Å². The Labute approximate surface area is 382 Å². The predicted molar refractivity (Wildman–Crippen MR) is 254 cm³/mol. The summed E-state index contributed by atoms with van der Waals surface area (Å²) >= 11 is 0. The monoisotopic (exact) mass is 881 g/mol. The van der Waals surface area contributed by atoms with Crippen molar-refractivity contribution >= 4 is 28.3 Å². The second-order valence-electron chi connectivity index (χ2n) is 18.6. The van der Waals surface area contributed by atoms with E-state index >= 15 is 0 Å². The summed E-state index contributed by atoms with van der Waals surface area (Å²) < 4.78 is 18.7. The molecule has 342 valence electrons. The minimum atomic E-state index is -1.82. The van der Waals surface area contributed by atoms with Crippen LogP contribution >= 0.6 is 0 Å². The van der Waals surface area contributed by atoms with Crippen LogP contribution in [0.15, 0.2) is 84.7 Å². The lowest BCUT2D eigenvalue weighted by Gasteiger charge is -2.31. The highest BCUT2D eigenvalue weighted by atomic mass is 16.5. The quantitative estimate of drug-likeness (QED) is 0.0460. The second-order valence-corrected chi connectivity index (χ2v) is 18.6. The molecule has 65 heavy (non-hydrogen) atoms. The molecule has 5 aliphatic rings. The number of carbonyl (C=O) groups excluding carboxylic acids is 1. The van der Waals surface area contributed by atoms with Crippen LogP contribution in [-0.2, 0) is 34.4 Å². The number of hydrogen-bond donors (Lipinski definition) is 6.